The van der Waals surface area contributed by atoms with Gasteiger partial charge in [0.1, 0.15) is 18.3 Å². The van der Waals surface area contributed by atoms with Crippen LogP contribution in [0.3, 0.4) is 0 Å². The van der Waals surface area contributed by atoms with E-state index in [9.17, 15) is 14.7 Å². The molecule has 11 unspecified atom stereocenters. The maximum Gasteiger partial charge on any atom is 0.411 e. The van der Waals surface area contributed by atoms with E-state index in [-0.39, 0.29) is 54.6 Å². The van der Waals surface area contributed by atoms with E-state index in [1.54, 1.807) is 6.08 Å². The fourth-order valence-corrected chi connectivity index (χ4v) is 10.7. The van der Waals surface area contributed by atoms with Crippen molar-refractivity contribution in [3.8, 4) is 0 Å². The molecule has 11 atom stereocenters. The molecule has 2 aliphatic heterocycles. The van der Waals surface area contributed by atoms with Crippen molar-refractivity contribution in [2.45, 2.75) is 175 Å². The molecular formula is C45H73NO9Si. The van der Waals surface area contributed by atoms with Gasteiger partial charge in [-0.1, -0.05) is 97.0 Å². The summed E-state index contributed by atoms with van der Waals surface area (Å²) in [5.41, 5.74) is 0.646. The highest BCUT2D eigenvalue weighted by Crippen LogP contribution is 2.38. The number of allylic oxidation sites excluding steroid dienone is 3. The number of benzene rings is 1. The summed E-state index contributed by atoms with van der Waals surface area (Å²) < 4.78 is 37.1. The third-order valence-electron chi connectivity index (χ3n) is 11.8. The number of aliphatic hydroxyl groups is 1. The Kier molecular flexibility index (Phi) is 19.5. The van der Waals surface area contributed by atoms with Crippen LogP contribution in [0.2, 0.25) is 18.1 Å². The molecule has 1 saturated heterocycles. The number of amides is 1. The van der Waals surface area contributed by atoms with Crippen molar-refractivity contribution in [3.05, 3.63) is 66.3 Å². The van der Waals surface area contributed by atoms with E-state index in [0.717, 1.165) is 30.1 Å². The molecule has 11 heteroatoms. The molecule has 0 aliphatic carbocycles. The van der Waals surface area contributed by atoms with Gasteiger partial charge in [-0.2, -0.15) is 0 Å². The molecule has 1 aromatic carbocycles. The number of ether oxygens (including phenoxy) is 5. The average Bonchev–Trinajstić information content (AvgIpc) is 3.94. The van der Waals surface area contributed by atoms with E-state index in [2.05, 4.69) is 46.0 Å². The lowest BCUT2D eigenvalue weighted by molar-refractivity contribution is -0.221. The number of esters is 1. The van der Waals surface area contributed by atoms with E-state index in [4.69, 9.17) is 28.1 Å². The standard InChI is InChI=1S/C45H73NO9Si/c1-12-38(52-44(49)46-36-23-18-17-19-24-36)34(9)43-39(51-43)29-31(6)21-20-22-32(7)42-33(8)25-26-40(47)45(11,54-35(10)50-13-2)28-27-37(30-41(48)53-42)55-56(14-3,15-4)16-5/h17-26,31,33-35,37-40,42-43,47H,12-16,27-30H2,1-11H3,(H,46,49)/b21-20+,26-25+,32-22+. The average molecular weight is 800 g/mol. The summed E-state index contributed by atoms with van der Waals surface area (Å²) in [6.07, 6.45) is 9.66. The lowest BCUT2D eigenvalue weighted by Crippen LogP contribution is -2.46. The largest absolute Gasteiger partial charge is 0.457 e. The monoisotopic (exact) mass is 800 g/mol. The van der Waals surface area contributed by atoms with Gasteiger partial charge in [-0.3, -0.25) is 10.1 Å². The quantitative estimate of drug-likeness (QED) is 0.0351. The summed E-state index contributed by atoms with van der Waals surface area (Å²) in [7, 11) is -2.06. The second-order valence-corrected chi connectivity index (χ2v) is 20.9. The van der Waals surface area contributed by atoms with Crippen molar-refractivity contribution in [2.75, 3.05) is 11.9 Å². The molecule has 3 rings (SSSR count). The Hall–Kier alpha value is -2.80. The first-order valence-corrected chi connectivity index (χ1v) is 23.7. The van der Waals surface area contributed by atoms with Crippen LogP contribution in [0.1, 0.15) is 108 Å². The molecule has 1 aromatic rings. The number of rotatable bonds is 19. The summed E-state index contributed by atoms with van der Waals surface area (Å²) in [5.74, 6) is -0.226. The Morgan fingerprint density at radius 2 is 1.75 bits per heavy atom. The fourth-order valence-electron chi connectivity index (χ4n) is 7.83. The molecule has 2 heterocycles. The van der Waals surface area contributed by atoms with Gasteiger partial charge in [-0.15, -0.1) is 0 Å². The lowest BCUT2D eigenvalue weighted by atomic mass is 9.88. The van der Waals surface area contributed by atoms with Gasteiger partial charge in [0.05, 0.1) is 30.3 Å². The fraction of sp³-hybridized carbons (Fsp3) is 0.689. The first kappa shape index (κ1) is 47.6. The van der Waals surface area contributed by atoms with E-state index < -0.39 is 38.5 Å². The molecule has 10 nitrogen and oxygen atoms in total. The summed E-state index contributed by atoms with van der Waals surface area (Å²) in [6.45, 7) is 23.0. The van der Waals surface area contributed by atoms with Crippen LogP contribution in [0.15, 0.2) is 66.3 Å². The van der Waals surface area contributed by atoms with E-state index >= 15 is 0 Å². The Balaban J connectivity index is 1.71. The minimum atomic E-state index is -2.06. The second kappa shape index (κ2) is 23.0. The van der Waals surface area contributed by atoms with E-state index in [0.29, 0.717) is 31.6 Å². The lowest BCUT2D eigenvalue weighted by Gasteiger charge is -2.39. The van der Waals surface area contributed by atoms with Crippen LogP contribution < -0.4 is 5.32 Å². The Labute approximate surface area is 338 Å². The maximum atomic E-state index is 13.7. The molecule has 316 valence electrons. The van der Waals surface area contributed by atoms with Crippen LogP contribution in [0.25, 0.3) is 0 Å². The molecule has 0 saturated carbocycles. The number of para-hydroxylation sites is 1. The number of hydrogen-bond acceptors (Lipinski definition) is 9. The highest BCUT2D eigenvalue weighted by atomic mass is 28.4. The third kappa shape index (κ3) is 14.5. The van der Waals surface area contributed by atoms with Crippen LogP contribution >= 0.6 is 0 Å². The van der Waals surface area contributed by atoms with Gasteiger partial charge in [-0.05, 0) is 95.1 Å². The highest BCUT2D eigenvalue weighted by molar-refractivity contribution is 6.73. The number of hydrogen-bond donors (Lipinski definition) is 2. The normalized spacial score (nSPS) is 29.3. The molecule has 56 heavy (non-hydrogen) atoms. The number of nitrogens with one attached hydrogen (secondary N) is 1. The molecule has 0 aromatic heterocycles. The molecule has 0 bridgehead atoms. The molecule has 0 spiro atoms. The molecule has 0 radical (unpaired) electrons. The van der Waals surface area contributed by atoms with Gasteiger partial charge >= 0.3 is 12.1 Å². The molecule has 2 aliphatic rings. The van der Waals surface area contributed by atoms with Gasteiger partial charge in [-0.25, -0.2) is 4.79 Å². The van der Waals surface area contributed by atoms with Crippen molar-refractivity contribution in [1.29, 1.82) is 0 Å². The van der Waals surface area contributed by atoms with Gasteiger partial charge < -0.3 is 33.2 Å². The Bertz CT molecular complexity index is 1420. The second-order valence-electron chi connectivity index (χ2n) is 16.1. The number of cyclic esters (lactones) is 1. The highest BCUT2D eigenvalue weighted by Gasteiger charge is 2.46. The summed E-state index contributed by atoms with van der Waals surface area (Å²) in [6, 6.07) is 12.2. The molecule has 1 amide bonds. The minimum Gasteiger partial charge on any atom is -0.457 e. The van der Waals surface area contributed by atoms with Crippen molar-refractivity contribution in [2.24, 2.45) is 17.8 Å². The smallest absolute Gasteiger partial charge is 0.411 e. The van der Waals surface area contributed by atoms with Crippen molar-refractivity contribution in [1.82, 2.24) is 0 Å². The number of epoxide rings is 1. The number of carbonyl (C=O) groups is 2. The Morgan fingerprint density at radius 3 is 2.38 bits per heavy atom. The van der Waals surface area contributed by atoms with Crippen LogP contribution in [0.5, 0.6) is 0 Å². The van der Waals surface area contributed by atoms with Gasteiger partial charge in [0.25, 0.3) is 0 Å². The van der Waals surface area contributed by atoms with Gasteiger partial charge in [0.15, 0.2) is 14.6 Å². The topological polar surface area (TPSA) is 125 Å². The first-order valence-electron chi connectivity index (χ1n) is 21.2. The minimum absolute atomic E-state index is 0.0264. The Morgan fingerprint density at radius 1 is 1.07 bits per heavy atom. The molecular weight excluding hydrogens is 727 g/mol. The molecule has 2 N–H and O–H groups in total. The van der Waals surface area contributed by atoms with Gasteiger partial charge in [0, 0.05) is 24.1 Å². The number of aliphatic hydroxyl groups excluding tert-OH is 1. The number of carbonyl (C=O) groups excluding carboxylic acids is 2. The number of anilines is 1. The summed E-state index contributed by atoms with van der Waals surface area (Å²) in [5, 5.41) is 14.4. The van der Waals surface area contributed by atoms with Crippen LogP contribution in [0, 0.1) is 17.8 Å². The zero-order valence-electron chi connectivity index (χ0n) is 36.1. The predicted molar refractivity (Wildman–Crippen MR) is 226 cm³/mol. The molecule has 1 fully saturated rings. The zero-order chi connectivity index (χ0) is 41.5. The summed E-state index contributed by atoms with van der Waals surface area (Å²) in [4.78, 5) is 26.3. The van der Waals surface area contributed by atoms with Crippen molar-refractivity contribution >= 4 is 26.1 Å². The van der Waals surface area contributed by atoms with E-state index in [1.165, 1.54) is 0 Å². The van der Waals surface area contributed by atoms with Crippen molar-refractivity contribution in [3.63, 3.8) is 0 Å². The SMILES string of the molecule is CCOC(C)OC1(C)CCC(O[Si](CC)(CC)CC)CC(=O)OC(/C(C)=C/C=C/C(C)CC2OC2C(C)C(CC)OC(=O)Nc2ccccc2)C(C)/C=C/C1O. The zero-order valence-corrected chi connectivity index (χ0v) is 37.1. The predicted octanol–water partition coefficient (Wildman–Crippen LogP) is 10.1. The maximum absolute atomic E-state index is 13.7. The van der Waals surface area contributed by atoms with Gasteiger partial charge in [0.2, 0.25) is 0 Å². The summed E-state index contributed by atoms with van der Waals surface area (Å²) >= 11 is 0. The van der Waals surface area contributed by atoms with E-state index in [1.807, 2.05) is 90.1 Å². The van der Waals surface area contributed by atoms with Crippen molar-refractivity contribution < 1.29 is 42.8 Å². The first-order chi connectivity index (χ1) is 26.6. The third-order valence-corrected chi connectivity index (χ3v) is 16.5. The van der Waals surface area contributed by atoms with Crippen LogP contribution in [0.4, 0.5) is 10.5 Å². The van der Waals surface area contributed by atoms with Crippen LogP contribution in [-0.4, -0.2) is 80.6 Å². The van der Waals surface area contributed by atoms with Crippen LogP contribution in [-0.2, 0) is 32.9 Å².